The standard InChI is InChI=1S/C20H21F3N2O6/c1-8-15(7-28-10(3)26)30-20(29-11(4)27)9(2)16(8)19-25-24-18(31-19)12-5-13(21)17(23)14(22)6-12/h5-6,8-9,15-16,20H,7H2,1-4H3/t8-,9?,15?,16-,20-/m0/s1. The van der Waals surface area contributed by atoms with Gasteiger partial charge in [-0.1, -0.05) is 13.8 Å². The number of aromatic nitrogens is 2. The Bertz CT molecular complexity index is 959. The molecule has 31 heavy (non-hydrogen) atoms. The van der Waals surface area contributed by atoms with Crippen LogP contribution < -0.4 is 0 Å². The summed E-state index contributed by atoms with van der Waals surface area (Å²) in [6, 6.07) is 1.50. The first-order valence-corrected chi connectivity index (χ1v) is 9.52. The third-order valence-electron chi connectivity index (χ3n) is 5.15. The van der Waals surface area contributed by atoms with E-state index in [-0.39, 0.29) is 29.9 Å². The molecular weight excluding hydrogens is 421 g/mol. The van der Waals surface area contributed by atoms with E-state index in [1.54, 1.807) is 13.8 Å². The van der Waals surface area contributed by atoms with Crippen LogP contribution in [0, 0.1) is 29.3 Å². The first kappa shape index (κ1) is 22.7. The van der Waals surface area contributed by atoms with Crippen LogP contribution in [0.3, 0.4) is 0 Å². The summed E-state index contributed by atoms with van der Waals surface area (Å²) in [5, 5.41) is 7.80. The molecular formula is C20H21F3N2O6. The molecule has 0 spiro atoms. The molecule has 11 heteroatoms. The smallest absolute Gasteiger partial charge is 0.304 e. The highest BCUT2D eigenvalue weighted by Crippen LogP contribution is 2.43. The zero-order chi connectivity index (χ0) is 22.9. The molecule has 1 aliphatic heterocycles. The fraction of sp³-hybridized carbons (Fsp3) is 0.500. The van der Waals surface area contributed by atoms with E-state index in [1.165, 1.54) is 13.8 Å². The number of rotatable bonds is 5. The van der Waals surface area contributed by atoms with E-state index in [2.05, 4.69) is 10.2 Å². The van der Waals surface area contributed by atoms with Gasteiger partial charge in [0.05, 0.1) is 12.0 Å². The maximum Gasteiger partial charge on any atom is 0.304 e. The van der Waals surface area contributed by atoms with Gasteiger partial charge in [-0.2, -0.15) is 0 Å². The molecule has 8 nitrogen and oxygen atoms in total. The van der Waals surface area contributed by atoms with Crippen molar-refractivity contribution in [3.63, 3.8) is 0 Å². The van der Waals surface area contributed by atoms with Crippen molar-refractivity contribution in [2.45, 2.75) is 46.0 Å². The van der Waals surface area contributed by atoms with Crippen molar-refractivity contribution >= 4 is 11.9 Å². The van der Waals surface area contributed by atoms with Gasteiger partial charge in [0.25, 0.3) is 0 Å². The molecule has 2 heterocycles. The quantitative estimate of drug-likeness (QED) is 0.513. The minimum absolute atomic E-state index is 0.0904. The van der Waals surface area contributed by atoms with E-state index < -0.39 is 53.6 Å². The van der Waals surface area contributed by atoms with E-state index >= 15 is 0 Å². The average molecular weight is 442 g/mol. The topological polar surface area (TPSA) is 101 Å². The van der Waals surface area contributed by atoms with E-state index in [0.29, 0.717) is 0 Å². The summed E-state index contributed by atoms with van der Waals surface area (Å²) < 4.78 is 62.1. The number of hydrogen-bond donors (Lipinski definition) is 0. The Morgan fingerprint density at radius 2 is 1.68 bits per heavy atom. The summed E-state index contributed by atoms with van der Waals surface area (Å²) in [6.07, 6.45) is -1.62. The second-order valence-electron chi connectivity index (χ2n) is 7.40. The molecule has 0 saturated carbocycles. The zero-order valence-corrected chi connectivity index (χ0v) is 17.2. The first-order valence-electron chi connectivity index (χ1n) is 9.52. The van der Waals surface area contributed by atoms with Crippen molar-refractivity contribution in [3.05, 3.63) is 35.5 Å². The van der Waals surface area contributed by atoms with Crippen molar-refractivity contribution in [2.75, 3.05) is 6.61 Å². The van der Waals surface area contributed by atoms with Gasteiger partial charge < -0.3 is 18.6 Å². The third kappa shape index (κ3) is 4.87. The van der Waals surface area contributed by atoms with Gasteiger partial charge in [0.1, 0.15) is 6.61 Å². The van der Waals surface area contributed by atoms with E-state index in [1.807, 2.05) is 0 Å². The number of halogens is 3. The molecule has 0 amide bonds. The van der Waals surface area contributed by atoms with Gasteiger partial charge in [0.2, 0.25) is 18.1 Å². The van der Waals surface area contributed by atoms with E-state index in [9.17, 15) is 22.8 Å². The highest BCUT2D eigenvalue weighted by molar-refractivity contribution is 5.66. The Morgan fingerprint density at radius 1 is 1.03 bits per heavy atom. The summed E-state index contributed by atoms with van der Waals surface area (Å²) in [7, 11) is 0. The lowest BCUT2D eigenvalue weighted by atomic mass is 9.77. The molecule has 0 aliphatic carbocycles. The fourth-order valence-electron chi connectivity index (χ4n) is 3.60. The Hall–Kier alpha value is -2.95. The summed E-state index contributed by atoms with van der Waals surface area (Å²) in [4.78, 5) is 22.7. The maximum absolute atomic E-state index is 13.6. The van der Waals surface area contributed by atoms with Crippen LogP contribution in [0.25, 0.3) is 11.5 Å². The van der Waals surface area contributed by atoms with Crippen LogP contribution in [0.15, 0.2) is 16.5 Å². The van der Waals surface area contributed by atoms with Crippen LogP contribution in [0.1, 0.15) is 39.5 Å². The van der Waals surface area contributed by atoms with Crippen LogP contribution in [0.2, 0.25) is 0 Å². The Morgan fingerprint density at radius 3 is 2.26 bits per heavy atom. The largest absolute Gasteiger partial charge is 0.463 e. The van der Waals surface area contributed by atoms with Gasteiger partial charge in [-0.3, -0.25) is 9.59 Å². The van der Waals surface area contributed by atoms with Crippen molar-refractivity contribution in [1.29, 1.82) is 0 Å². The van der Waals surface area contributed by atoms with E-state index in [4.69, 9.17) is 18.6 Å². The molecule has 1 saturated heterocycles. The normalized spacial score (nSPS) is 25.8. The minimum atomic E-state index is -1.60. The molecule has 0 bridgehead atoms. The van der Waals surface area contributed by atoms with Gasteiger partial charge in [0.15, 0.2) is 17.5 Å². The molecule has 168 valence electrons. The third-order valence-corrected chi connectivity index (χ3v) is 5.15. The first-order chi connectivity index (χ1) is 14.6. The van der Waals surface area contributed by atoms with Crippen molar-refractivity contribution in [1.82, 2.24) is 10.2 Å². The molecule has 5 atom stereocenters. The molecule has 1 aromatic carbocycles. The van der Waals surface area contributed by atoms with Crippen LogP contribution in [0.5, 0.6) is 0 Å². The second kappa shape index (κ2) is 9.04. The number of esters is 2. The number of carbonyl (C=O) groups excluding carboxylic acids is 2. The molecule has 1 fully saturated rings. The van der Waals surface area contributed by atoms with Gasteiger partial charge in [-0.25, -0.2) is 13.2 Å². The van der Waals surface area contributed by atoms with Gasteiger partial charge >= 0.3 is 11.9 Å². The molecule has 1 aromatic heterocycles. The Kier molecular flexibility index (Phi) is 6.63. The molecule has 0 N–H and O–H groups in total. The summed E-state index contributed by atoms with van der Waals surface area (Å²) in [5.74, 6) is -6.83. The van der Waals surface area contributed by atoms with Crippen molar-refractivity contribution in [2.24, 2.45) is 11.8 Å². The van der Waals surface area contributed by atoms with Crippen molar-refractivity contribution < 1.29 is 41.4 Å². The van der Waals surface area contributed by atoms with Gasteiger partial charge in [-0.05, 0) is 18.1 Å². The number of nitrogens with zero attached hydrogens (tertiary/aromatic N) is 2. The highest BCUT2D eigenvalue weighted by atomic mass is 19.2. The monoisotopic (exact) mass is 442 g/mol. The van der Waals surface area contributed by atoms with Crippen molar-refractivity contribution in [3.8, 4) is 11.5 Å². The second-order valence-corrected chi connectivity index (χ2v) is 7.40. The number of ether oxygens (including phenoxy) is 3. The van der Waals surface area contributed by atoms with Crippen LogP contribution in [0.4, 0.5) is 13.2 Å². The fourth-order valence-corrected chi connectivity index (χ4v) is 3.60. The van der Waals surface area contributed by atoms with Gasteiger partial charge in [-0.15, -0.1) is 10.2 Å². The highest BCUT2D eigenvalue weighted by Gasteiger charge is 2.46. The zero-order valence-electron chi connectivity index (χ0n) is 17.2. The maximum atomic E-state index is 13.6. The van der Waals surface area contributed by atoms with Crippen LogP contribution in [-0.4, -0.2) is 41.1 Å². The lowest BCUT2D eigenvalue weighted by Crippen LogP contribution is -2.48. The summed E-state index contributed by atoms with van der Waals surface area (Å²) in [6.45, 7) is 5.94. The summed E-state index contributed by atoms with van der Waals surface area (Å²) in [5.41, 5.74) is -0.129. The lowest BCUT2D eigenvalue weighted by molar-refractivity contribution is -0.242. The predicted molar refractivity (Wildman–Crippen MR) is 97.7 cm³/mol. The van der Waals surface area contributed by atoms with E-state index in [0.717, 1.165) is 12.1 Å². The molecule has 0 radical (unpaired) electrons. The molecule has 1 aliphatic rings. The number of hydrogen-bond acceptors (Lipinski definition) is 8. The van der Waals surface area contributed by atoms with Gasteiger partial charge in [0, 0.05) is 25.3 Å². The van der Waals surface area contributed by atoms with Crippen LogP contribution >= 0.6 is 0 Å². The Labute approximate surface area is 175 Å². The predicted octanol–water partition coefficient (Wildman–Crippen LogP) is 3.36. The minimum Gasteiger partial charge on any atom is -0.463 e. The molecule has 2 unspecified atom stereocenters. The Balaban J connectivity index is 1.93. The average Bonchev–Trinajstić information content (AvgIpc) is 3.16. The molecule has 2 aromatic rings. The number of benzene rings is 1. The molecule has 3 rings (SSSR count). The summed E-state index contributed by atoms with van der Waals surface area (Å²) >= 11 is 0. The SMILES string of the molecule is CC(=O)OCC1O[C@H](OC(C)=O)C(C)[C@@H](c2nnc(-c3cc(F)c(F)c(F)c3)o2)[C@H]1C. The lowest BCUT2D eigenvalue weighted by Gasteiger charge is -2.42. The number of carbonyl (C=O) groups is 2. The van der Waals surface area contributed by atoms with Crippen LogP contribution in [-0.2, 0) is 23.8 Å².